The van der Waals surface area contributed by atoms with E-state index in [9.17, 15) is 14.4 Å². The first-order valence-corrected chi connectivity index (χ1v) is 9.79. The van der Waals surface area contributed by atoms with Gasteiger partial charge in [-0.1, -0.05) is 18.2 Å². The number of hydrogen-bond acceptors (Lipinski definition) is 6. The first-order chi connectivity index (χ1) is 15.0. The third kappa shape index (κ3) is 4.55. The number of benzene rings is 1. The highest BCUT2D eigenvalue weighted by Gasteiger charge is 2.16. The minimum Gasteiger partial charge on any atom is -0.478 e. The van der Waals surface area contributed by atoms with Crippen molar-refractivity contribution in [3.8, 4) is 0 Å². The van der Waals surface area contributed by atoms with E-state index in [0.717, 1.165) is 23.3 Å². The molecule has 0 atom stereocenters. The predicted molar refractivity (Wildman–Crippen MR) is 117 cm³/mol. The standard InChI is InChI=1S/C22H21N5O4/c28-19-10-20(27-9-1-8-26-27)24-13-17(19)21(29)25-12-14-2-7-18(23-11-14)15-3-5-16(6-4-15)22(30)31/h2-8,10,13,23H,1,9,11-12H2,(H,24,28)(H,25,29)(H,30,31). The molecule has 2 aromatic rings. The number of aromatic nitrogens is 1. The minimum atomic E-state index is -0.965. The Morgan fingerprint density at radius 2 is 2.00 bits per heavy atom. The Kier molecular flexibility index (Phi) is 5.65. The second-order valence-electron chi connectivity index (χ2n) is 7.13. The van der Waals surface area contributed by atoms with Crippen LogP contribution in [-0.4, -0.2) is 47.8 Å². The number of aromatic amines is 1. The molecule has 2 aliphatic rings. The zero-order valence-electron chi connectivity index (χ0n) is 16.6. The Balaban J connectivity index is 1.37. The number of amides is 1. The summed E-state index contributed by atoms with van der Waals surface area (Å²) in [6.45, 7) is 1.52. The highest BCUT2D eigenvalue weighted by Crippen LogP contribution is 2.17. The molecule has 0 fully saturated rings. The molecule has 0 radical (unpaired) electrons. The molecule has 2 aliphatic heterocycles. The first kappa shape index (κ1) is 20.1. The molecule has 0 saturated heterocycles. The molecule has 4 N–H and O–H groups in total. The van der Waals surface area contributed by atoms with Crippen LogP contribution in [0, 0.1) is 0 Å². The van der Waals surface area contributed by atoms with Gasteiger partial charge in [-0.15, -0.1) is 0 Å². The molecule has 3 heterocycles. The topological polar surface area (TPSA) is 127 Å². The molecule has 0 spiro atoms. The summed E-state index contributed by atoms with van der Waals surface area (Å²) in [6, 6.07) is 7.97. The molecule has 9 heteroatoms. The van der Waals surface area contributed by atoms with Gasteiger partial charge < -0.3 is 20.7 Å². The van der Waals surface area contributed by atoms with E-state index in [2.05, 4.69) is 20.7 Å². The van der Waals surface area contributed by atoms with Gasteiger partial charge in [-0.25, -0.2) is 9.80 Å². The SMILES string of the molecule is O=C(O)c1ccc(C2=CC=C(CNC(=O)c3c[nH]c(N4CCC=N4)cc3=O)CN2)cc1. The van der Waals surface area contributed by atoms with Crippen molar-refractivity contribution in [2.45, 2.75) is 6.42 Å². The molecule has 31 heavy (non-hydrogen) atoms. The van der Waals surface area contributed by atoms with Crippen LogP contribution < -0.4 is 21.1 Å². The fraction of sp³-hybridized carbons (Fsp3) is 0.182. The van der Waals surface area contributed by atoms with E-state index in [1.165, 1.54) is 12.3 Å². The molecule has 0 bridgehead atoms. The average molecular weight is 419 g/mol. The summed E-state index contributed by atoms with van der Waals surface area (Å²) in [5.41, 5.74) is 2.60. The summed E-state index contributed by atoms with van der Waals surface area (Å²) in [7, 11) is 0. The number of carboxylic acid groups (broad SMARTS) is 1. The van der Waals surface area contributed by atoms with Gasteiger partial charge in [-0.2, -0.15) is 5.10 Å². The van der Waals surface area contributed by atoms with Crippen molar-refractivity contribution in [1.82, 2.24) is 15.6 Å². The van der Waals surface area contributed by atoms with Crippen molar-refractivity contribution in [3.63, 3.8) is 0 Å². The van der Waals surface area contributed by atoms with Gasteiger partial charge in [-0.3, -0.25) is 9.59 Å². The van der Waals surface area contributed by atoms with Gasteiger partial charge in [0, 0.05) is 50.2 Å². The Hall–Kier alpha value is -4.14. The molecule has 0 unspecified atom stereocenters. The molecular weight excluding hydrogens is 398 g/mol. The number of nitrogens with zero attached hydrogens (tertiary/aromatic N) is 2. The van der Waals surface area contributed by atoms with Crippen molar-refractivity contribution in [1.29, 1.82) is 0 Å². The lowest BCUT2D eigenvalue weighted by Gasteiger charge is -2.18. The van der Waals surface area contributed by atoms with E-state index in [4.69, 9.17) is 5.11 Å². The summed E-state index contributed by atoms with van der Waals surface area (Å²) in [5.74, 6) is -0.853. The summed E-state index contributed by atoms with van der Waals surface area (Å²) in [6.07, 6.45) is 7.77. The fourth-order valence-corrected chi connectivity index (χ4v) is 3.29. The van der Waals surface area contributed by atoms with E-state index < -0.39 is 11.9 Å². The van der Waals surface area contributed by atoms with Gasteiger partial charge in [0.2, 0.25) is 0 Å². The number of anilines is 1. The summed E-state index contributed by atoms with van der Waals surface area (Å²) in [5, 5.41) is 20.8. The fourth-order valence-electron chi connectivity index (χ4n) is 3.29. The Labute approximate surface area is 177 Å². The molecule has 1 aromatic carbocycles. The normalized spacial score (nSPS) is 15.2. The molecule has 0 saturated carbocycles. The number of allylic oxidation sites excluding steroid dienone is 2. The molecule has 4 rings (SSSR count). The smallest absolute Gasteiger partial charge is 0.335 e. The predicted octanol–water partition coefficient (Wildman–Crippen LogP) is 1.57. The summed E-state index contributed by atoms with van der Waals surface area (Å²) >= 11 is 0. The third-order valence-corrected chi connectivity index (χ3v) is 5.02. The van der Waals surface area contributed by atoms with E-state index in [0.29, 0.717) is 25.5 Å². The van der Waals surface area contributed by atoms with Gasteiger partial charge in [0.15, 0.2) is 5.43 Å². The van der Waals surface area contributed by atoms with Crippen LogP contribution in [0.4, 0.5) is 5.82 Å². The maximum Gasteiger partial charge on any atom is 0.335 e. The van der Waals surface area contributed by atoms with Crippen LogP contribution in [0.2, 0.25) is 0 Å². The quantitative estimate of drug-likeness (QED) is 0.563. The van der Waals surface area contributed by atoms with E-state index >= 15 is 0 Å². The second-order valence-corrected chi connectivity index (χ2v) is 7.13. The second kappa shape index (κ2) is 8.70. The molecule has 158 valence electrons. The van der Waals surface area contributed by atoms with Gasteiger partial charge in [0.1, 0.15) is 11.4 Å². The van der Waals surface area contributed by atoms with Crippen molar-refractivity contribution in [2.24, 2.45) is 5.10 Å². The van der Waals surface area contributed by atoms with Gasteiger partial charge >= 0.3 is 5.97 Å². The number of hydrogen-bond donors (Lipinski definition) is 4. The summed E-state index contributed by atoms with van der Waals surface area (Å²) < 4.78 is 0. The first-order valence-electron chi connectivity index (χ1n) is 9.79. The van der Waals surface area contributed by atoms with Crippen LogP contribution in [0.3, 0.4) is 0 Å². The molecule has 1 aromatic heterocycles. The monoisotopic (exact) mass is 419 g/mol. The van der Waals surface area contributed by atoms with E-state index in [1.54, 1.807) is 35.5 Å². The van der Waals surface area contributed by atoms with Crippen molar-refractivity contribution >= 4 is 29.6 Å². The Bertz CT molecular complexity index is 1160. The number of dihydropyridines is 1. The number of carbonyl (C=O) groups excluding carboxylic acids is 1. The van der Waals surface area contributed by atoms with Crippen LogP contribution in [0.1, 0.15) is 32.7 Å². The van der Waals surface area contributed by atoms with Crippen LogP contribution >= 0.6 is 0 Å². The number of rotatable bonds is 6. The maximum absolute atomic E-state index is 12.4. The lowest BCUT2D eigenvalue weighted by molar-refractivity contribution is 0.0696. The minimum absolute atomic E-state index is 0.0473. The Morgan fingerprint density at radius 1 is 1.19 bits per heavy atom. The average Bonchev–Trinajstić information content (AvgIpc) is 3.33. The lowest BCUT2D eigenvalue weighted by atomic mass is 10.1. The number of aromatic carboxylic acids is 1. The number of carbonyl (C=O) groups is 2. The molecule has 0 aliphatic carbocycles. The van der Waals surface area contributed by atoms with Crippen LogP contribution in [0.15, 0.2) is 64.1 Å². The molecule has 9 nitrogen and oxygen atoms in total. The number of carboxylic acids is 1. The number of nitrogens with one attached hydrogen (secondary N) is 3. The van der Waals surface area contributed by atoms with Crippen molar-refractivity contribution in [2.75, 3.05) is 24.6 Å². The van der Waals surface area contributed by atoms with Crippen molar-refractivity contribution < 1.29 is 14.7 Å². The zero-order chi connectivity index (χ0) is 21.8. The van der Waals surface area contributed by atoms with E-state index in [1.807, 2.05) is 12.2 Å². The lowest BCUT2D eigenvalue weighted by Crippen LogP contribution is -2.33. The number of hydrazone groups is 1. The van der Waals surface area contributed by atoms with Crippen LogP contribution in [0.25, 0.3) is 5.70 Å². The largest absolute Gasteiger partial charge is 0.478 e. The van der Waals surface area contributed by atoms with Crippen molar-refractivity contribution in [3.05, 3.63) is 81.2 Å². The third-order valence-electron chi connectivity index (χ3n) is 5.02. The zero-order valence-corrected chi connectivity index (χ0v) is 16.6. The van der Waals surface area contributed by atoms with Gasteiger partial charge in [0.05, 0.1) is 5.56 Å². The molecular formula is C22H21N5O4. The van der Waals surface area contributed by atoms with Gasteiger partial charge in [0.25, 0.3) is 5.91 Å². The number of H-pyrrole nitrogens is 1. The highest BCUT2D eigenvalue weighted by atomic mass is 16.4. The summed E-state index contributed by atoms with van der Waals surface area (Å²) in [4.78, 5) is 38.7. The van der Waals surface area contributed by atoms with E-state index in [-0.39, 0.29) is 16.6 Å². The maximum atomic E-state index is 12.4. The van der Waals surface area contributed by atoms with Gasteiger partial charge in [-0.05, 0) is 29.3 Å². The highest BCUT2D eigenvalue weighted by molar-refractivity contribution is 5.94. The van der Waals surface area contributed by atoms with Crippen LogP contribution in [-0.2, 0) is 0 Å². The molecule has 1 amide bonds. The Morgan fingerprint density at radius 3 is 2.61 bits per heavy atom. The van der Waals surface area contributed by atoms with Crippen LogP contribution in [0.5, 0.6) is 0 Å². The number of pyridine rings is 1.